The van der Waals surface area contributed by atoms with Gasteiger partial charge < -0.3 is 19.5 Å². The molecule has 0 radical (unpaired) electrons. The molecule has 21 heavy (non-hydrogen) atoms. The number of halogens is 1. The van der Waals surface area contributed by atoms with E-state index in [1.54, 1.807) is 0 Å². The highest BCUT2D eigenvalue weighted by atomic mass is 127. The van der Waals surface area contributed by atoms with E-state index in [1.165, 1.54) is 9.99 Å². The molecule has 0 spiro atoms. The molecular weight excluding hydrogens is 381 g/mol. The zero-order valence-electron chi connectivity index (χ0n) is 12.8. The first kappa shape index (κ1) is 18.7. The van der Waals surface area contributed by atoms with Crippen LogP contribution in [-0.2, 0) is 14.2 Å². The molecule has 1 aromatic rings. The largest absolute Gasteiger partial charge is 0.383 e. The maximum absolute atomic E-state index is 5.50. The summed E-state index contributed by atoms with van der Waals surface area (Å²) < 4.78 is 17.6. The molecule has 1 rings (SSSR count). The summed E-state index contributed by atoms with van der Waals surface area (Å²) >= 11 is 2.30. The van der Waals surface area contributed by atoms with Crippen LogP contribution in [-0.4, -0.2) is 46.2 Å². The molecule has 120 valence electrons. The van der Waals surface area contributed by atoms with Gasteiger partial charge in [-0.15, -0.1) is 0 Å². The molecule has 0 saturated carbocycles. The first-order chi connectivity index (χ1) is 10.3. The monoisotopic (exact) mass is 407 g/mol. The van der Waals surface area contributed by atoms with Crippen LogP contribution in [0.25, 0.3) is 0 Å². The summed E-state index contributed by atoms with van der Waals surface area (Å²) in [7, 11) is 0. The highest BCUT2D eigenvalue weighted by Gasteiger charge is 1.94. The molecule has 1 aromatic carbocycles. The van der Waals surface area contributed by atoms with Gasteiger partial charge in [0.2, 0.25) is 0 Å². The predicted octanol–water partition coefficient (Wildman–Crippen LogP) is 3.55. The second-order valence-electron chi connectivity index (χ2n) is 4.63. The van der Waals surface area contributed by atoms with Crippen LogP contribution in [0.4, 0.5) is 5.69 Å². The van der Waals surface area contributed by atoms with Gasteiger partial charge in [0.25, 0.3) is 0 Å². The minimum atomic E-state index is 0.625. The van der Waals surface area contributed by atoms with Crippen molar-refractivity contribution in [1.29, 1.82) is 0 Å². The summed E-state index contributed by atoms with van der Waals surface area (Å²) in [4.78, 5) is 0. The van der Waals surface area contributed by atoms with Gasteiger partial charge in [-0.2, -0.15) is 0 Å². The second-order valence-corrected chi connectivity index (χ2v) is 5.87. The van der Waals surface area contributed by atoms with Crippen LogP contribution in [0.15, 0.2) is 24.3 Å². The van der Waals surface area contributed by atoms with Crippen molar-refractivity contribution in [2.75, 3.05) is 51.5 Å². The topological polar surface area (TPSA) is 39.7 Å². The third-order valence-corrected chi connectivity index (χ3v) is 3.46. The van der Waals surface area contributed by atoms with Crippen LogP contribution >= 0.6 is 22.6 Å². The minimum absolute atomic E-state index is 0.625. The van der Waals surface area contributed by atoms with E-state index in [2.05, 4.69) is 53.0 Å². The maximum Gasteiger partial charge on any atom is 0.0701 e. The Kier molecular flexibility index (Phi) is 11.8. The molecular formula is C16H26INO3. The van der Waals surface area contributed by atoms with Gasteiger partial charge >= 0.3 is 0 Å². The van der Waals surface area contributed by atoms with Crippen LogP contribution in [0.2, 0.25) is 0 Å². The Bertz CT molecular complexity index is 363. The van der Waals surface area contributed by atoms with E-state index in [0.29, 0.717) is 33.0 Å². The van der Waals surface area contributed by atoms with Gasteiger partial charge in [0.15, 0.2) is 0 Å². The van der Waals surface area contributed by atoms with Crippen molar-refractivity contribution in [2.45, 2.75) is 19.8 Å². The van der Waals surface area contributed by atoms with Crippen LogP contribution in [0.1, 0.15) is 19.8 Å². The fraction of sp³-hybridized carbons (Fsp3) is 0.625. The van der Waals surface area contributed by atoms with E-state index < -0.39 is 0 Å². The Morgan fingerprint density at radius 3 is 2.29 bits per heavy atom. The molecule has 0 aromatic heterocycles. The molecule has 0 amide bonds. The summed E-state index contributed by atoms with van der Waals surface area (Å²) in [6.07, 6.45) is 2.29. The Balaban J connectivity index is 1.82. The fourth-order valence-corrected chi connectivity index (χ4v) is 2.20. The first-order valence-electron chi connectivity index (χ1n) is 7.55. The molecule has 0 atom stereocenters. The Labute approximate surface area is 141 Å². The predicted molar refractivity (Wildman–Crippen MR) is 95.0 cm³/mol. The lowest BCUT2D eigenvalue weighted by atomic mass is 10.3. The van der Waals surface area contributed by atoms with Crippen molar-refractivity contribution in [3.63, 3.8) is 0 Å². The molecule has 1 N–H and O–H groups in total. The summed E-state index contributed by atoms with van der Waals surface area (Å²) in [5, 5.41) is 3.33. The van der Waals surface area contributed by atoms with E-state index in [-0.39, 0.29) is 0 Å². The van der Waals surface area contributed by atoms with Gasteiger partial charge in [-0.05, 0) is 47.2 Å². The van der Waals surface area contributed by atoms with Gasteiger partial charge in [0.1, 0.15) is 0 Å². The molecule has 0 heterocycles. The average Bonchev–Trinajstić information content (AvgIpc) is 2.48. The zero-order valence-corrected chi connectivity index (χ0v) is 14.9. The maximum atomic E-state index is 5.50. The highest BCUT2D eigenvalue weighted by Crippen LogP contribution is 2.11. The Morgan fingerprint density at radius 2 is 1.62 bits per heavy atom. The summed E-state index contributed by atoms with van der Waals surface area (Å²) in [5.41, 5.74) is 1.13. The number of hydrogen-bond donors (Lipinski definition) is 1. The number of hydrogen-bond acceptors (Lipinski definition) is 4. The number of benzene rings is 1. The summed E-state index contributed by atoms with van der Waals surface area (Å²) in [5.74, 6) is 0. The van der Waals surface area contributed by atoms with E-state index in [4.69, 9.17) is 14.2 Å². The Morgan fingerprint density at radius 1 is 0.952 bits per heavy atom. The third-order valence-electron chi connectivity index (χ3n) is 2.79. The van der Waals surface area contributed by atoms with Gasteiger partial charge in [0, 0.05) is 22.4 Å². The van der Waals surface area contributed by atoms with Gasteiger partial charge in [0.05, 0.1) is 33.0 Å². The van der Waals surface area contributed by atoms with Gasteiger partial charge in [-0.1, -0.05) is 19.4 Å². The third kappa shape index (κ3) is 10.9. The normalized spacial score (nSPS) is 10.8. The van der Waals surface area contributed by atoms with Crippen molar-refractivity contribution < 1.29 is 14.2 Å². The van der Waals surface area contributed by atoms with Crippen molar-refractivity contribution >= 4 is 28.3 Å². The Hall–Kier alpha value is -0.370. The molecule has 0 aliphatic rings. The first-order valence-corrected chi connectivity index (χ1v) is 8.63. The average molecular weight is 407 g/mol. The van der Waals surface area contributed by atoms with Crippen molar-refractivity contribution in [3.05, 3.63) is 27.8 Å². The van der Waals surface area contributed by atoms with E-state index >= 15 is 0 Å². The number of anilines is 1. The minimum Gasteiger partial charge on any atom is -0.383 e. The number of rotatable bonds is 13. The van der Waals surface area contributed by atoms with Gasteiger partial charge in [-0.3, -0.25) is 0 Å². The quantitative estimate of drug-likeness (QED) is 0.401. The van der Waals surface area contributed by atoms with Crippen molar-refractivity contribution in [1.82, 2.24) is 0 Å². The summed E-state index contributed by atoms with van der Waals surface area (Å²) in [6, 6.07) is 8.29. The highest BCUT2D eigenvalue weighted by molar-refractivity contribution is 14.1. The second kappa shape index (κ2) is 13.3. The lowest BCUT2D eigenvalue weighted by molar-refractivity contribution is 0.0159. The molecule has 0 aliphatic carbocycles. The van der Waals surface area contributed by atoms with E-state index in [9.17, 15) is 0 Å². The molecule has 5 heteroatoms. The SMILES string of the molecule is CCCCOCCOCCOCCNc1cccc(I)c1. The van der Waals surface area contributed by atoms with Crippen LogP contribution in [0.3, 0.4) is 0 Å². The molecule has 4 nitrogen and oxygen atoms in total. The van der Waals surface area contributed by atoms with Crippen LogP contribution in [0.5, 0.6) is 0 Å². The molecule has 0 fully saturated rings. The number of ether oxygens (including phenoxy) is 3. The lowest BCUT2D eigenvalue weighted by Gasteiger charge is -2.08. The summed E-state index contributed by atoms with van der Waals surface area (Å²) in [6.45, 7) is 7.05. The number of nitrogens with one attached hydrogen (secondary N) is 1. The molecule has 0 aliphatic heterocycles. The van der Waals surface area contributed by atoms with Crippen molar-refractivity contribution in [3.8, 4) is 0 Å². The van der Waals surface area contributed by atoms with Crippen LogP contribution < -0.4 is 5.32 Å². The van der Waals surface area contributed by atoms with Crippen molar-refractivity contribution in [2.24, 2.45) is 0 Å². The number of unbranched alkanes of at least 4 members (excludes halogenated alkanes) is 1. The van der Waals surface area contributed by atoms with Crippen LogP contribution in [0, 0.1) is 3.57 Å². The standard InChI is InChI=1S/C16H26INO3/c1-2-3-8-19-10-12-21-13-11-20-9-7-18-16-6-4-5-15(17)14-16/h4-6,14,18H,2-3,7-13H2,1H3. The molecule has 0 saturated heterocycles. The smallest absolute Gasteiger partial charge is 0.0701 e. The van der Waals surface area contributed by atoms with Gasteiger partial charge in [-0.25, -0.2) is 0 Å². The molecule has 0 unspecified atom stereocenters. The lowest BCUT2D eigenvalue weighted by Crippen LogP contribution is -2.14. The van der Waals surface area contributed by atoms with E-state index in [0.717, 1.165) is 25.3 Å². The zero-order chi connectivity index (χ0) is 15.2. The fourth-order valence-electron chi connectivity index (χ4n) is 1.65. The van der Waals surface area contributed by atoms with E-state index in [1.807, 2.05) is 6.07 Å². The molecule has 0 bridgehead atoms.